The third-order valence-electron chi connectivity index (χ3n) is 17.5. The number of hydrogen-bond donors (Lipinski definition) is 3. The summed E-state index contributed by atoms with van der Waals surface area (Å²) < 4.78 is 5.50. The molecule has 2 atom stereocenters. The number of aliphatic hydroxyl groups is 2. The van der Waals surface area contributed by atoms with Gasteiger partial charge in [-0.2, -0.15) is 0 Å². The summed E-state index contributed by atoms with van der Waals surface area (Å²) in [5.41, 5.74) is 0. The van der Waals surface area contributed by atoms with Crippen LogP contribution >= 0.6 is 0 Å². The van der Waals surface area contributed by atoms with Crippen molar-refractivity contribution in [3.8, 4) is 0 Å². The molecule has 81 heavy (non-hydrogen) atoms. The number of carbonyl (C=O) groups excluding carboxylic acids is 2. The Bertz CT molecular complexity index is 1270. The molecule has 1 amide bonds. The second-order valence-corrected chi connectivity index (χ2v) is 25.6. The Morgan fingerprint density at radius 3 is 0.951 bits per heavy atom. The van der Waals surface area contributed by atoms with Crippen LogP contribution in [0, 0.1) is 0 Å². The molecule has 480 valence electrons. The van der Waals surface area contributed by atoms with E-state index in [-0.39, 0.29) is 18.5 Å². The zero-order valence-electron chi connectivity index (χ0n) is 55.0. The number of amides is 1. The maximum Gasteiger partial charge on any atom is 0.305 e. The number of allylic oxidation sites excluding steroid dienone is 4. The third kappa shape index (κ3) is 67.3. The Morgan fingerprint density at radius 1 is 0.346 bits per heavy atom. The lowest BCUT2D eigenvalue weighted by Crippen LogP contribution is -2.45. The number of esters is 1. The van der Waals surface area contributed by atoms with Crippen molar-refractivity contribution < 1.29 is 24.5 Å². The summed E-state index contributed by atoms with van der Waals surface area (Å²) in [6.45, 7) is 4.98. The van der Waals surface area contributed by atoms with Crippen LogP contribution in [0.2, 0.25) is 0 Å². The Kier molecular flexibility index (Phi) is 69.4. The van der Waals surface area contributed by atoms with E-state index in [1.54, 1.807) is 0 Å². The molecule has 0 aliphatic heterocycles. The fraction of sp³-hybridized carbons (Fsp3) is 0.920. The zero-order valence-corrected chi connectivity index (χ0v) is 55.0. The van der Waals surface area contributed by atoms with Gasteiger partial charge in [0.1, 0.15) is 0 Å². The lowest BCUT2D eigenvalue weighted by Gasteiger charge is -2.22. The van der Waals surface area contributed by atoms with Crippen molar-refractivity contribution in [1.82, 2.24) is 5.32 Å². The van der Waals surface area contributed by atoms with Crippen LogP contribution in [-0.4, -0.2) is 47.4 Å². The van der Waals surface area contributed by atoms with Crippen LogP contribution in [0.5, 0.6) is 0 Å². The summed E-state index contributed by atoms with van der Waals surface area (Å²) >= 11 is 0. The minimum absolute atomic E-state index is 0.00925. The molecule has 2 unspecified atom stereocenters. The van der Waals surface area contributed by atoms with Gasteiger partial charge in [0, 0.05) is 12.8 Å². The highest BCUT2D eigenvalue weighted by Crippen LogP contribution is 2.19. The van der Waals surface area contributed by atoms with Crippen molar-refractivity contribution in [1.29, 1.82) is 0 Å². The van der Waals surface area contributed by atoms with Crippen LogP contribution in [-0.2, 0) is 14.3 Å². The molecule has 6 heteroatoms. The van der Waals surface area contributed by atoms with Crippen molar-refractivity contribution in [2.75, 3.05) is 13.2 Å². The minimum atomic E-state index is -0.665. The molecule has 0 aliphatic carbocycles. The molecule has 3 N–H and O–H groups in total. The molecule has 0 fully saturated rings. The van der Waals surface area contributed by atoms with Gasteiger partial charge < -0.3 is 20.3 Å². The van der Waals surface area contributed by atoms with E-state index in [4.69, 9.17) is 4.74 Å². The first kappa shape index (κ1) is 79.3. The van der Waals surface area contributed by atoms with Gasteiger partial charge in [0.05, 0.1) is 25.4 Å². The van der Waals surface area contributed by atoms with Crippen LogP contribution in [0.3, 0.4) is 0 Å². The number of ether oxygens (including phenoxy) is 1. The summed E-state index contributed by atoms with van der Waals surface area (Å²) in [6.07, 6.45) is 89.5. The highest BCUT2D eigenvalue weighted by Gasteiger charge is 2.20. The van der Waals surface area contributed by atoms with Crippen LogP contribution in [0.25, 0.3) is 0 Å². The normalized spacial score (nSPS) is 12.6. The highest BCUT2D eigenvalue weighted by molar-refractivity contribution is 5.76. The average molecular weight is 1140 g/mol. The summed E-state index contributed by atoms with van der Waals surface area (Å²) in [4.78, 5) is 24.7. The van der Waals surface area contributed by atoms with Gasteiger partial charge in [0.15, 0.2) is 0 Å². The fourth-order valence-electron chi connectivity index (χ4n) is 11.9. The molecule has 6 nitrogen and oxygen atoms in total. The van der Waals surface area contributed by atoms with Gasteiger partial charge in [-0.1, -0.05) is 372 Å². The van der Waals surface area contributed by atoms with E-state index in [2.05, 4.69) is 43.5 Å². The van der Waals surface area contributed by atoms with Gasteiger partial charge in [0.2, 0.25) is 5.91 Å². The molecule has 0 aromatic carbocycles. The monoisotopic (exact) mass is 1140 g/mol. The van der Waals surface area contributed by atoms with Crippen molar-refractivity contribution in [2.45, 2.75) is 431 Å². The topological polar surface area (TPSA) is 95.9 Å². The molecule has 0 spiro atoms. The highest BCUT2D eigenvalue weighted by atomic mass is 16.5. The average Bonchev–Trinajstić information content (AvgIpc) is 3.47. The van der Waals surface area contributed by atoms with Gasteiger partial charge in [-0.3, -0.25) is 9.59 Å². The SMILES string of the molecule is CCCCCC/C=C\C/C=C\CCCCCCCCCC(=O)OCCCCCCCCCCCCCCCCCCCCCCCCCCC(=O)NC(CO)C(O)CCCCCCCCCCCCCCCCCCCCCCCC. The summed E-state index contributed by atoms with van der Waals surface area (Å²) in [6, 6.07) is -0.542. The standard InChI is InChI=1S/C75H145NO5/c1-3-5-7-9-11-13-15-17-19-21-23-24-29-32-35-39-43-47-51-55-59-63-67-73(78)72(71-77)76-74(79)68-64-60-56-52-48-44-40-36-33-30-27-25-26-28-31-34-38-42-46-50-54-58-62-66-70-81-75(80)69-65-61-57-53-49-45-41-37-22-20-18-16-14-12-10-8-6-4-2/h14,16,20,22,72-73,77-78H,3-13,15,17-19,21,23-71H2,1-2H3,(H,76,79)/b16-14-,22-20-. The molecule has 0 saturated heterocycles. The van der Waals surface area contributed by atoms with Crippen molar-refractivity contribution >= 4 is 11.9 Å². The first-order valence-corrected chi connectivity index (χ1v) is 37.1. The van der Waals surface area contributed by atoms with Crippen LogP contribution in [0.4, 0.5) is 0 Å². The van der Waals surface area contributed by atoms with E-state index < -0.39 is 12.1 Å². The molecule has 0 bridgehead atoms. The van der Waals surface area contributed by atoms with Crippen molar-refractivity contribution in [3.05, 3.63) is 24.3 Å². The van der Waals surface area contributed by atoms with E-state index in [1.807, 2.05) is 0 Å². The van der Waals surface area contributed by atoms with Crippen LogP contribution in [0.15, 0.2) is 24.3 Å². The van der Waals surface area contributed by atoms with E-state index in [0.29, 0.717) is 25.9 Å². The maximum atomic E-state index is 12.6. The van der Waals surface area contributed by atoms with E-state index in [0.717, 1.165) is 51.4 Å². The van der Waals surface area contributed by atoms with Gasteiger partial charge in [-0.15, -0.1) is 0 Å². The zero-order chi connectivity index (χ0) is 58.5. The predicted molar refractivity (Wildman–Crippen MR) is 356 cm³/mol. The van der Waals surface area contributed by atoms with E-state index >= 15 is 0 Å². The second-order valence-electron chi connectivity index (χ2n) is 25.6. The Hall–Kier alpha value is -1.66. The van der Waals surface area contributed by atoms with Crippen LogP contribution in [0.1, 0.15) is 418 Å². The summed E-state index contributed by atoms with van der Waals surface area (Å²) in [5.74, 6) is -0.0197. The van der Waals surface area contributed by atoms with Gasteiger partial charge in [0.25, 0.3) is 0 Å². The first-order valence-electron chi connectivity index (χ1n) is 37.1. The summed E-state index contributed by atoms with van der Waals surface area (Å²) in [5, 5.41) is 23.4. The molecule has 0 heterocycles. The molecule has 0 radical (unpaired) electrons. The number of aliphatic hydroxyl groups excluding tert-OH is 2. The molecule has 0 saturated carbocycles. The van der Waals surface area contributed by atoms with Gasteiger partial charge in [-0.05, 0) is 57.8 Å². The largest absolute Gasteiger partial charge is 0.466 e. The molecule has 0 rings (SSSR count). The second kappa shape index (κ2) is 70.8. The molecular formula is C75H145NO5. The lowest BCUT2D eigenvalue weighted by molar-refractivity contribution is -0.143. The van der Waals surface area contributed by atoms with E-state index in [9.17, 15) is 19.8 Å². The molecular weight excluding hydrogens is 995 g/mol. The predicted octanol–water partition coefficient (Wildman–Crippen LogP) is 24.1. The minimum Gasteiger partial charge on any atom is -0.466 e. The maximum absolute atomic E-state index is 12.6. The van der Waals surface area contributed by atoms with E-state index in [1.165, 1.54) is 334 Å². The number of nitrogens with one attached hydrogen (secondary N) is 1. The van der Waals surface area contributed by atoms with Crippen molar-refractivity contribution in [2.24, 2.45) is 0 Å². The Morgan fingerprint density at radius 2 is 0.617 bits per heavy atom. The Balaban J connectivity index is 3.36. The Labute approximate surface area is 507 Å². The third-order valence-corrected chi connectivity index (χ3v) is 17.5. The van der Waals surface area contributed by atoms with Crippen molar-refractivity contribution in [3.63, 3.8) is 0 Å². The lowest BCUT2D eigenvalue weighted by atomic mass is 10.0. The summed E-state index contributed by atoms with van der Waals surface area (Å²) in [7, 11) is 0. The number of rotatable bonds is 70. The fourth-order valence-corrected chi connectivity index (χ4v) is 11.9. The van der Waals surface area contributed by atoms with Gasteiger partial charge in [-0.25, -0.2) is 0 Å². The quantitative estimate of drug-likeness (QED) is 0.0320. The van der Waals surface area contributed by atoms with Gasteiger partial charge >= 0.3 is 5.97 Å². The number of carbonyl (C=O) groups is 2. The van der Waals surface area contributed by atoms with Crippen LogP contribution < -0.4 is 5.32 Å². The smallest absolute Gasteiger partial charge is 0.305 e. The number of unbranched alkanes of at least 4 members (excludes halogenated alkanes) is 55. The first-order chi connectivity index (χ1) is 40.0. The molecule has 0 aromatic rings. The number of hydrogen-bond acceptors (Lipinski definition) is 5. The molecule has 0 aromatic heterocycles. The molecule has 0 aliphatic rings.